The highest BCUT2D eigenvalue weighted by Crippen LogP contribution is 2.18. The first-order chi connectivity index (χ1) is 9.27. The first-order valence-electron chi connectivity index (χ1n) is 6.86. The molecule has 0 aliphatic rings. The summed E-state index contributed by atoms with van der Waals surface area (Å²) in [5, 5.41) is 0. The molecule has 0 aromatic heterocycles. The van der Waals surface area contributed by atoms with Gasteiger partial charge in [0.2, 0.25) is 10.0 Å². The summed E-state index contributed by atoms with van der Waals surface area (Å²) >= 11 is 0. The van der Waals surface area contributed by atoms with E-state index >= 15 is 0 Å². The highest BCUT2D eigenvalue weighted by molar-refractivity contribution is 7.89. The zero-order chi connectivity index (χ0) is 15.3. The molecule has 20 heavy (non-hydrogen) atoms. The summed E-state index contributed by atoms with van der Waals surface area (Å²) in [6, 6.07) is 5.28. The fourth-order valence-corrected chi connectivity index (χ4v) is 2.82. The molecule has 0 fully saturated rings. The van der Waals surface area contributed by atoms with Crippen molar-refractivity contribution < 1.29 is 8.42 Å². The van der Waals surface area contributed by atoms with Crippen LogP contribution in [0.25, 0.3) is 0 Å². The predicted molar refractivity (Wildman–Crippen MR) is 83.2 cm³/mol. The van der Waals surface area contributed by atoms with Crippen LogP contribution in [0.15, 0.2) is 23.1 Å². The number of sulfonamides is 1. The molecule has 0 saturated heterocycles. The third-order valence-electron chi connectivity index (χ3n) is 3.45. The first kappa shape index (κ1) is 16.9. The Kier molecular flexibility index (Phi) is 5.98. The highest BCUT2D eigenvalue weighted by atomic mass is 32.2. The van der Waals surface area contributed by atoms with Crippen molar-refractivity contribution in [1.29, 1.82) is 0 Å². The number of hydrogen-bond donors (Lipinski definition) is 2. The molecule has 0 amide bonds. The Balaban J connectivity index is 2.72. The molecule has 0 radical (unpaired) electrons. The molecule has 3 N–H and O–H groups in total. The molecule has 1 rings (SSSR count). The number of anilines is 1. The van der Waals surface area contributed by atoms with Gasteiger partial charge < -0.3 is 10.6 Å². The van der Waals surface area contributed by atoms with Crippen LogP contribution in [-0.4, -0.2) is 39.5 Å². The molecule has 6 heteroatoms. The second kappa shape index (κ2) is 7.06. The molecule has 5 nitrogen and oxygen atoms in total. The third kappa shape index (κ3) is 4.47. The second-order valence-corrected chi connectivity index (χ2v) is 6.95. The fourth-order valence-electron chi connectivity index (χ4n) is 1.76. The van der Waals surface area contributed by atoms with E-state index in [0.29, 0.717) is 24.8 Å². The minimum Gasteiger partial charge on any atom is -0.398 e. The van der Waals surface area contributed by atoms with E-state index in [1.165, 1.54) is 6.07 Å². The third-order valence-corrected chi connectivity index (χ3v) is 4.91. The van der Waals surface area contributed by atoms with Gasteiger partial charge in [-0.3, -0.25) is 0 Å². The Hall–Kier alpha value is -1.11. The molecule has 1 aromatic carbocycles. The molecule has 0 aliphatic heterocycles. The van der Waals surface area contributed by atoms with Gasteiger partial charge in [0.05, 0.1) is 4.90 Å². The monoisotopic (exact) mass is 299 g/mol. The van der Waals surface area contributed by atoms with Crippen molar-refractivity contribution >= 4 is 15.7 Å². The van der Waals surface area contributed by atoms with Gasteiger partial charge in [0.15, 0.2) is 0 Å². The normalized spacial score (nSPS) is 12.3. The van der Waals surface area contributed by atoms with E-state index in [4.69, 9.17) is 5.73 Å². The van der Waals surface area contributed by atoms with Gasteiger partial charge >= 0.3 is 0 Å². The van der Waals surface area contributed by atoms with Crippen molar-refractivity contribution in [1.82, 2.24) is 9.62 Å². The SMILES string of the molecule is CCc1ccc(S(=O)(=O)NCCN(C)C(C)C)cc1N. The maximum Gasteiger partial charge on any atom is 0.240 e. The van der Waals surface area contributed by atoms with E-state index in [1.807, 2.05) is 14.0 Å². The number of nitrogens with two attached hydrogens (primary N) is 1. The van der Waals surface area contributed by atoms with Crippen LogP contribution in [0, 0.1) is 0 Å². The summed E-state index contributed by atoms with van der Waals surface area (Å²) in [4.78, 5) is 2.30. The highest BCUT2D eigenvalue weighted by Gasteiger charge is 2.15. The zero-order valence-electron chi connectivity index (χ0n) is 12.7. The van der Waals surface area contributed by atoms with E-state index in [0.717, 1.165) is 12.0 Å². The van der Waals surface area contributed by atoms with Crippen molar-refractivity contribution in [3.05, 3.63) is 23.8 Å². The minimum atomic E-state index is -3.49. The summed E-state index contributed by atoms with van der Waals surface area (Å²) < 4.78 is 26.9. The quantitative estimate of drug-likeness (QED) is 0.747. The predicted octanol–water partition coefficient (Wildman–Crippen LogP) is 1.45. The van der Waals surface area contributed by atoms with Crippen LogP contribution in [0.1, 0.15) is 26.3 Å². The topological polar surface area (TPSA) is 75.4 Å². The van der Waals surface area contributed by atoms with E-state index in [9.17, 15) is 8.42 Å². The summed E-state index contributed by atoms with van der Waals surface area (Å²) in [6.45, 7) is 7.17. The van der Waals surface area contributed by atoms with Crippen molar-refractivity contribution in [2.75, 3.05) is 25.9 Å². The number of nitrogens with zero attached hydrogens (tertiary/aromatic N) is 1. The standard InChI is InChI=1S/C14H25N3O2S/c1-5-12-6-7-13(10-14(12)15)20(18,19)16-8-9-17(4)11(2)3/h6-7,10-11,16H,5,8-9,15H2,1-4H3. The van der Waals surface area contributed by atoms with Crippen LogP contribution in [0.3, 0.4) is 0 Å². The molecule has 114 valence electrons. The number of nitrogens with one attached hydrogen (secondary N) is 1. The van der Waals surface area contributed by atoms with Gasteiger partial charge in [-0.1, -0.05) is 13.0 Å². The minimum absolute atomic E-state index is 0.222. The van der Waals surface area contributed by atoms with Crippen LogP contribution >= 0.6 is 0 Å². The Morgan fingerprint density at radius 2 is 2.00 bits per heavy atom. The van der Waals surface area contributed by atoms with Crippen LogP contribution in [-0.2, 0) is 16.4 Å². The smallest absolute Gasteiger partial charge is 0.240 e. The molecular weight excluding hydrogens is 274 g/mol. The Morgan fingerprint density at radius 1 is 1.35 bits per heavy atom. The zero-order valence-corrected chi connectivity index (χ0v) is 13.5. The first-order valence-corrected chi connectivity index (χ1v) is 8.34. The van der Waals surface area contributed by atoms with Crippen LogP contribution in [0.4, 0.5) is 5.69 Å². The molecule has 0 heterocycles. The number of aryl methyl sites for hydroxylation is 1. The summed E-state index contributed by atoms with van der Waals surface area (Å²) in [7, 11) is -1.52. The fraction of sp³-hybridized carbons (Fsp3) is 0.571. The Labute approximate surface area is 122 Å². The van der Waals surface area contributed by atoms with Gasteiger partial charge in [-0.15, -0.1) is 0 Å². The number of likely N-dealkylation sites (N-methyl/N-ethyl adjacent to an activating group) is 1. The van der Waals surface area contributed by atoms with E-state index < -0.39 is 10.0 Å². The van der Waals surface area contributed by atoms with Gasteiger partial charge in [-0.2, -0.15) is 0 Å². The average molecular weight is 299 g/mol. The van der Waals surface area contributed by atoms with Crippen LogP contribution in [0.2, 0.25) is 0 Å². The number of rotatable bonds is 7. The number of hydrogen-bond acceptors (Lipinski definition) is 4. The van der Waals surface area contributed by atoms with Gasteiger partial charge in [0.1, 0.15) is 0 Å². The molecule has 1 aromatic rings. The van der Waals surface area contributed by atoms with E-state index in [2.05, 4.69) is 23.5 Å². The van der Waals surface area contributed by atoms with Crippen molar-refractivity contribution in [2.24, 2.45) is 0 Å². The lowest BCUT2D eigenvalue weighted by atomic mass is 10.1. The number of benzene rings is 1. The lowest BCUT2D eigenvalue weighted by molar-refractivity contribution is 0.278. The Morgan fingerprint density at radius 3 is 2.50 bits per heavy atom. The van der Waals surface area contributed by atoms with Gasteiger partial charge in [-0.05, 0) is 45.0 Å². The van der Waals surface area contributed by atoms with E-state index in [1.54, 1.807) is 12.1 Å². The molecule has 0 atom stereocenters. The largest absolute Gasteiger partial charge is 0.398 e. The summed E-state index contributed by atoms with van der Waals surface area (Å²) in [6.07, 6.45) is 0.790. The van der Waals surface area contributed by atoms with Crippen molar-refractivity contribution in [2.45, 2.75) is 38.1 Å². The average Bonchev–Trinajstić information content (AvgIpc) is 2.38. The second-order valence-electron chi connectivity index (χ2n) is 5.19. The van der Waals surface area contributed by atoms with E-state index in [-0.39, 0.29) is 4.90 Å². The molecule has 0 unspecified atom stereocenters. The molecule has 0 aliphatic carbocycles. The summed E-state index contributed by atoms with van der Waals surface area (Å²) in [5.74, 6) is 0. The Bertz CT molecular complexity index is 541. The lowest BCUT2D eigenvalue weighted by Gasteiger charge is -2.20. The maximum absolute atomic E-state index is 12.2. The van der Waals surface area contributed by atoms with Gasteiger partial charge in [0.25, 0.3) is 0 Å². The van der Waals surface area contributed by atoms with Crippen LogP contribution < -0.4 is 10.5 Å². The van der Waals surface area contributed by atoms with Gasteiger partial charge in [0, 0.05) is 24.8 Å². The maximum atomic E-state index is 12.2. The summed E-state index contributed by atoms with van der Waals surface area (Å²) in [5.41, 5.74) is 7.33. The molecule has 0 bridgehead atoms. The molecule has 0 saturated carbocycles. The van der Waals surface area contributed by atoms with Gasteiger partial charge in [-0.25, -0.2) is 13.1 Å². The van der Waals surface area contributed by atoms with Crippen molar-refractivity contribution in [3.63, 3.8) is 0 Å². The van der Waals surface area contributed by atoms with Crippen LogP contribution in [0.5, 0.6) is 0 Å². The molecule has 0 spiro atoms. The lowest BCUT2D eigenvalue weighted by Crippen LogP contribution is -2.36. The van der Waals surface area contributed by atoms with Crippen molar-refractivity contribution in [3.8, 4) is 0 Å². The number of nitrogen functional groups attached to an aromatic ring is 1. The molecular formula is C14H25N3O2S.